The second-order valence-corrected chi connectivity index (χ2v) is 8.41. The van der Waals surface area contributed by atoms with E-state index < -0.39 is 23.7 Å². The van der Waals surface area contributed by atoms with Crippen molar-refractivity contribution in [3.05, 3.63) is 94.7 Å². The highest BCUT2D eigenvalue weighted by Gasteiger charge is 2.39. The Bertz CT molecular complexity index is 1420. The summed E-state index contributed by atoms with van der Waals surface area (Å²) in [5.74, 6) is -2.35. The number of anilines is 3. The Hall–Kier alpha value is -4.63. The first-order chi connectivity index (χ1) is 17.8. The number of hydrogen-bond donors (Lipinski definition) is 3. The Morgan fingerprint density at radius 1 is 0.919 bits per heavy atom. The number of imide groups is 1. The van der Waals surface area contributed by atoms with E-state index in [1.165, 1.54) is 42.5 Å². The van der Waals surface area contributed by atoms with Gasteiger partial charge in [-0.2, -0.15) is 0 Å². The molecule has 0 aliphatic carbocycles. The van der Waals surface area contributed by atoms with Crippen LogP contribution in [0.25, 0.3) is 0 Å². The molecule has 1 aliphatic heterocycles. The number of nitrogens with one attached hydrogen (secondary N) is 2. The van der Waals surface area contributed by atoms with Gasteiger partial charge in [0.1, 0.15) is 16.5 Å². The lowest BCUT2D eigenvalue weighted by Crippen LogP contribution is -2.32. The van der Waals surface area contributed by atoms with Crippen molar-refractivity contribution in [1.82, 2.24) is 0 Å². The number of phenols is 1. The van der Waals surface area contributed by atoms with Crippen LogP contribution in [0.2, 0.25) is 0 Å². The standard InChI is InChI=1S/C27H22ClN3O6/c1-2-13-37-27(36)16-9-11-20(12-10-16)31-25(34)22(28)23(26(31)35)29-18-6-3-5-17(14-18)24(33)30-19-7-4-8-21(32)15-19/h3-12,14-15,29,32H,2,13H2,1H3,(H,30,33). The van der Waals surface area contributed by atoms with Gasteiger partial charge < -0.3 is 20.5 Å². The molecule has 1 heterocycles. The Balaban J connectivity index is 1.49. The summed E-state index contributed by atoms with van der Waals surface area (Å²) in [5.41, 5.74) is 1.40. The monoisotopic (exact) mass is 519 g/mol. The van der Waals surface area contributed by atoms with Crippen LogP contribution >= 0.6 is 11.6 Å². The van der Waals surface area contributed by atoms with Crippen molar-refractivity contribution in [3.8, 4) is 5.75 Å². The van der Waals surface area contributed by atoms with Crippen LogP contribution in [-0.2, 0) is 14.3 Å². The molecule has 0 atom stereocenters. The maximum atomic E-state index is 13.1. The third-order valence-electron chi connectivity index (χ3n) is 5.32. The molecule has 9 nitrogen and oxygen atoms in total. The minimum atomic E-state index is -0.728. The Labute approximate surface area is 217 Å². The van der Waals surface area contributed by atoms with Crippen molar-refractivity contribution >= 4 is 52.4 Å². The first kappa shape index (κ1) is 25.5. The molecule has 0 spiro atoms. The highest BCUT2D eigenvalue weighted by Crippen LogP contribution is 2.30. The molecule has 3 aromatic carbocycles. The zero-order valence-electron chi connectivity index (χ0n) is 19.7. The lowest BCUT2D eigenvalue weighted by atomic mass is 10.1. The number of aromatic hydroxyl groups is 1. The molecule has 4 rings (SSSR count). The lowest BCUT2D eigenvalue weighted by Gasteiger charge is -2.15. The van der Waals surface area contributed by atoms with Crippen molar-refractivity contribution < 1.29 is 29.0 Å². The number of carbonyl (C=O) groups excluding carboxylic acids is 4. The van der Waals surface area contributed by atoms with Gasteiger partial charge in [-0.1, -0.05) is 30.7 Å². The number of carbonyl (C=O) groups is 4. The number of rotatable bonds is 8. The maximum Gasteiger partial charge on any atom is 0.338 e. The average molecular weight is 520 g/mol. The molecule has 3 aromatic rings. The number of hydrogen-bond acceptors (Lipinski definition) is 7. The summed E-state index contributed by atoms with van der Waals surface area (Å²) < 4.78 is 5.08. The number of benzene rings is 3. The van der Waals surface area contributed by atoms with Gasteiger partial charge in [0, 0.05) is 23.0 Å². The van der Waals surface area contributed by atoms with Gasteiger partial charge in [0.05, 0.1) is 17.9 Å². The molecule has 1 aliphatic rings. The summed E-state index contributed by atoms with van der Waals surface area (Å²) in [7, 11) is 0. The van der Waals surface area contributed by atoms with Crippen LogP contribution < -0.4 is 15.5 Å². The fourth-order valence-corrected chi connectivity index (χ4v) is 3.75. The number of halogens is 1. The molecule has 0 aromatic heterocycles. The first-order valence-corrected chi connectivity index (χ1v) is 11.7. The van der Waals surface area contributed by atoms with Gasteiger partial charge >= 0.3 is 5.97 Å². The largest absolute Gasteiger partial charge is 0.508 e. The number of amides is 3. The van der Waals surface area contributed by atoms with Gasteiger partial charge in [0.25, 0.3) is 17.7 Å². The SMILES string of the molecule is CCCOC(=O)c1ccc(N2C(=O)C(Cl)=C(Nc3cccc(C(=O)Nc4cccc(O)c4)c3)C2=O)cc1. The second-order valence-electron chi connectivity index (χ2n) is 8.03. The van der Waals surface area contributed by atoms with E-state index in [0.717, 1.165) is 4.90 Å². The molecule has 0 unspecified atom stereocenters. The summed E-state index contributed by atoms with van der Waals surface area (Å²) in [6, 6.07) is 18.2. The van der Waals surface area contributed by atoms with Crippen molar-refractivity contribution in [2.45, 2.75) is 13.3 Å². The third kappa shape index (κ3) is 5.62. The number of nitrogens with zero attached hydrogens (tertiary/aromatic N) is 1. The minimum absolute atomic E-state index is 0.00910. The van der Waals surface area contributed by atoms with Crippen LogP contribution in [0.1, 0.15) is 34.1 Å². The average Bonchev–Trinajstić information content (AvgIpc) is 3.10. The zero-order valence-corrected chi connectivity index (χ0v) is 20.4. The molecule has 0 saturated heterocycles. The van der Waals surface area contributed by atoms with Crippen LogP contribution in [0.5, 0.6) is 5.75 Å². The van der Waals surface area contributed by atoms with E-state index >= 15 is 0 Å². The van der Waals surface area contributed by atoms with E-state index in [1.807, 2.05) is 6.92 Å². The van der Waals surface area contributed by atoms with Gasteiger partial charge in [-0.15, -0.1) is 0 Å². The molecular formula is C27H22ClN3O6. The summed E-state index contributed by atoms with van der Waals surface area (Å²) in [6.07, 6.45) is 0.686. The predicted molar refractivity (Wildman–Crippen MR) is 139 cm³/mol. The van der Waals surface area contributed by atoms with Crippen molar-refractivity contribution in [1.29, 1.82) is 0 Å². The quantitative estimate of drug-likeness (QED) is 0.292. The highest BCUT2D eigenvalue weighted by atomic mass is 35.5. The van der Waals surface area contributed by atoms with Gasteiger partial charge in [-0.3, -0.25) is 14.4 Å². The van der Waals surface area contributed by atoms with Crippen molar-refractivity contribution in [3.63, 3.8) is 0 Å². The fraction of sp³-hybridized carbons (Fsp3) is 0.111. The number of ether oxygens (including phenoxy) is 1. The molecular weight excluding hydrogens is 498 g/mol. The Morgan fingerprint density at radius 2 is 1.62 bits per heavy atom. The zero-order chi connectivity index (χ0) is 26.5. The number of esters is 1. The van der Waals surface area contributed by atoms with Crippen molar-refractivity contribution in [2.24, 2.45) is 0 Å². The predicted octanol–water partition coefficient (Wildman–Crippen LogP) is 4.65. The fourth-order valence-electron chi connectivity index (χ4n) is 3.54. The third-order valence-corrected chi connectivity index (χ3v) is 5.67. The lowest BCUT2D eigenvalue weighted by molar-refractivity contribution is -0.120. The first-order valence-electron chi connectivity index (χ1n) is 11.3. The van der Waals surface area contributed by atoms with Crippen LogP contribution in [0.15, 0.2) is 83.5 Å². The highest BCUT2D eigenvalue weighted by molar-refractivity contribution is 6.53. The van der Waals surface area contributed by atoms with Crippen LogP contribution in [0, 0.1) is 0 Å². The van der Waals surface area contributed by atoms with Crippen molar-refractivity contribution in [2.75, 3.05) is 22.1 Å². The van der Waals surface area contributed by atoms with Crippen LogP contribution in [-0.4, -0.2) is 35.4 Å². The van der Waals surface area contributed by atoms with E-state index in [9.17, 15) is 24.3 Å². The summed E-state index contributed by atoms with van der Waals surface area (Å²) in [4.78, 5) is 51.4. The van der Waals surface area contributed by atoms with Gasteiger partial charge in [-0.05, 0) is 61.0 Å². The van der Waals surface area contributed by atoms with E-state index in [1.54, 1.807) is 30.3 Å². The molecule has 0 bridgehead atoms. The van der Waals surface area contributed by atoms with E-state index in [4.69, 9.17) is 16.3 Å². The topological polar surface area (TPSA) is 125 Å². The van der Waals surface area contributed by atoms with E-state index in [2.05, 4.69) is 10.6 Å². The van der Waals surface area contributed by atoms with Gasteiger partial charge in [0.15, 0.2) is 0 Å². The summed E-state index contributed by atoms with van der Waals surface area (Å²) >= 11 is 6.21. The Kier molecular flexibility index (Phi) is 7.55. The molecule has 3 N–H and O–H groups in total. The van der Waals surface area contributed by atoms with Crippen LogP contribution in [0.3, 0.4) is 0 Å². The summed E-state index contributed by atoms with van der Waals surface area (Å²) in [5, 5.41) is 14.8. The van der Waals surface area contributed by atoms with E-state index in [-0.39, 0.29) is 39.9 Å². The molecule has 0 saturated carbocycles. The molecule has 3 amide bonds. The normalized spacial score (nSPS) is 13.1. The van der Waals surface area contributed by atoms with Gasteiger partial charge in [0.2, 0.25) is 0 Å². The molecule has 0 fully saturated rings. The minimum Gasteiger partial charge on any atom is -0.508 e. The van der Waals surface area contributed by atoms with E-state index in [0.29, 0.717) is 17.8 Å². The second kappa shape index (κ2) is 11.0. The Morgan fingerprint density at radius 3 is 2.32 bits per heavy atom. The van der Waals surface area contributed by atoms with Gasteiger partial charge in [-0.25, -0.2) is 9.69 Å². The molecule has 10 heteroatoms. The van der Waals surface area contributed by atoms with Crippen LogP contribution in [0.4, 0.5) is 17.1 Å². The summed E-state index contributed by atoms with van der Waals surface area (Å²) in [6.45, 7) is 2.17. The number of phenolic OH excluding ortho intramolecular Hbond substituents is 1. The molecule has 188 valence electrons. The maximum absolute atomic E-state index is 13.1. The smallest absolute Gasteiger partial charge is 0.338 e. The molecule has 37 heavy (non-hydrogen) atoms. The molecule has 0 radical (unpaired) electrons.